The Morgan fingerprint density at radius 1 is 0.949 bits per heavy atom. The van der Waals surface area contributed by atoms with Gasteiger partial charge in [-0.25, -0.2) is 13.4 Å². The lowest BCUT2D eigenvalue weighted by Gasteiger charge is -2.48. The van der Waals surface area contributed by atoms with Crippen LogP contribution < -0.4 is 0 Å². The molecule has 0 radical (unpaired) electrons. The molecule has 8 nitrogen and oxygen atoms in total. The molecule has 0 saturated carbocycles. The number of benzene rings is 2. The summed E-state index contributed by atoms with van der Waals surface area (Å²) in [6.07, 6.45) is -2.95. The maximum absolute atomic E-state index is 13.0. The van der Waals surface area contributed by atoms with Crippen LogP contribution in [0.15, 0.2) is 65.0 Å². The Morgan fingerprint density at radius 3 is 2.26 bits per heavy atom. The van der Waals surface area contributed by atoms with Crippen molar-refractivity contribution in [3.05, 3.63) is 81.8 Å². The van der Waals surface area contributed by atoms with Crippen molar-refractivity contribution in [2.45, 2.75) is 22.9 Å². The number of thiazole rings is 1. The standard InChI is InChI=1S/C26H25F3N4O4S2/c27-26(28,29)20-3-1-2-18(14-20)17-39(36,37)22-6-4-19(5-7-22)24(34)33-15-21(16-33)31-9-11-32(12-10-31)25(35)23-30-8-13-38-23/h1-8,13-14,21H,9-12,15-17H2. The molecule has 206 valence electrons. The van der Waals surface area contributed by atoms with Crippen LogP contribution in [0.5, 0.6) is 0 Å². The Hall–Kier alpha value is -3.29. The summed E-state index contributed by atoms with van der Waals surface area (Å²) in [5, 5.41) is 2.26. The number of carbonyl (C=O) groups excluding carboxylic acids is 2. The number of halogens is 3. The molecule has 13 heteroatoms. The van der Waals surface area contributed by atoms with Crippen molar-refractivity contribution in [1.82, 2.24) is 19.7 Å². The van der Waals surface area contributed by atoms with Crippen molar-refractivity contribution in [3.8, 4) is 0 Å². The summed E-state index contributed by atoms with van der Waals surface area (Å²) >= 11 is 1.32. The number of aromatic nitrogens is 1. The molecule has 0 atom stereocenters. The highest BCUT2D eigenvalue weighted by atomic mass is 32.2. The predicted molar refractivity (Wildman–Crippen MR) is 138 cm³/mol. The molecule has 1 aromatic heterocycles. The third-order valence-corrected chi connectivity index (χ3v) is 9.42. The molecule has 5 rings (SSSR count). The van der Waals surface area contributed by atoms with Gasteiger partial charge in [-0.1, -0.05) is 18.2 Å². The molecule has 0 bridgehead atoms. The molecule has 3 heterocycles. The number of carbonyl (C=O) groups is 2. The predicted octanol–water partition coefficient (Wildman–Crippen LogP) is 3.42. The van der Waals surface area contributed by atoms with Crippen LogP contribution in [0, 0.1) is 0 Å². The molecule has 2 saturated heterocycles. The summed E-state index contributed by atoms with van der Waals surface area (Å²) in [5.41, 5.74) is -0.537. The highest BCUT2D eigenvalue weighted by Gasteiger charge is 2.37. The lowest BCUT2D eigenvalue weighted by atomic mass is 10.0. The van der Waals surface area contributed by atoms with E-state index in [-0.39, 0.29) is 28.3 Å². The fraction of sp³-hybridized carbons (Fsp3) is 0.346. The van der Waals surface area contributed by atoms with E-state index < -0.39 is 27.3 Å². The Morgan fingerprint density at radius 2 is 1.64 bits per heavy atom. The molecule has 2 aliphatic rings. The number of rotatable bonds is 6. The van der Waals surface area contributed by atoms with Gasteiger partial charge in [0.25, 0.3) is 11.8 Å². The summed E-state index contributed by atoms with van der Waals surface area (Å²) in [6.45, 7) is 3.69. The fourth-order valence-corrected chi connectivity index (χ4v) is 6.67. The van der Waals surface area contributed by atoms with Crippen molar-refractivity contribution in [2.24, 2.45) is 0 Å². The van der Waals surface area contributed by atoms with E-state index in [0.717, 1.165) is 12.1 Å². The summed E-state index contributed by atoms with van der Waals surface area (Å²) in [7, 11) is -3.91. The molecule has 0 N–H and O–H groups in total. The number of alkyl halides is 3. The number of nitrogens with zero attached hydrogens (tertiary/aromatic N) is 4. The van der Waals surface area contributed by atoms with Gasteiger partial charge in [0.2, 0.25) is 0 Å². The molecule has 3 aromatic rings. The van der Waals surface area contributed by atoms with Crippen LogP contribution in [0.2, 0.25) is 0 Å². The van der Waals surface area contributed by atoms with Crippen LogP contribution in [0.3, 0.4) is 0 Å². The van der Waals surface area contributed by atoms with E-state index in [0.29, 0.717) is 49.8 Å². The van der Waals surface area contributed by atoms with E-state index in [9.17, 15) is 31.2 Å². The third-order valence-electron chi connectivity index (χ3n) is 6.95. The fourth-order valence-electron chi connectivity index (χ4n) is 4.73. The summed E-state index contributed by atoms with van der Waals surface area (Å²) in [6, 6.07) is 9.91. The average molecular weight is 579 g/mol. The number of hydrogen-bond donors (Lipinski definition) is 0. The molecule has 0 spiro atoms. The Balaban J connectivity index is 1.13. The highest BCUT2D eigenvalue weighted by Crippen LogP contribution is 2.30. The van der Waals surface area contributed by atoms with Gasteiger partial charge in [-0.15, -0.1) is 11.3 Å². The van der Waals surface area contributed by atoms with E-state index in [2.05, 4.69) is 9.88 Å². The van der Waals surface area contributed by atoms with Crippen molar-refractivity contribution < 1.29 is 31.2 Å². The summed E-state index contributed by atoms with van der Waals surface area (Å²) in [4.78, 5) is 35.1. The third kappa shape index (κ3) is 5.99. The smallest absolute Gasteiger partial charge is 0.335 e. The second-order valence-corrected chi connectivity index (χ2v) is 12.4. The number of sulfone groups is 1. The molecule has 2 aliphatic heterocycles. The normalized spacial score (nSPS) is 17.2. The molecular weight excluding hydrogens is 553 g/mol. The van der Waals surface area contributed by atoms with Gasteiger partial charge >= 0.3 is 6.18 Å². The number of hydrogen-bond acceptors (Lipinski definition) is 7. The lowest BCUT2D eigenvalue weighted by Crippen LogP contribution is -2.64. The first-order chi connectivity index (χ1) is 18.5. The second kappa shape index (κ2) is 10.7. The zero-order valence-electron chi connectivity index (χ0n) is 20.7. The van der Waals surface area contributed by atoms with Gasteiger partial charge in [-0.05, 0) is 35.9 Å². The molecule has 2 amide bonds. The van der Waals surface area contributed by atoms with E-state index >= 15 is 0 Å². The van der Waals surface area contributed by atoms with Gasteiger partial charge < -0.3 is 9.80 Å². The summed E-state index contributed by atoms with van der Waals surface area (Å²) in [5.74, 6) is -0.859. The van der Waals surface area contributed by atoms with Crippen LogP contribution in [-0.4, -0.2) is 85.2 Å². The van der Waals surface area contributed by atoms with Gasteiger partial charge in [0.05, 0.1) is 16.2 Å². The van der Waals surface area contributed by atoms with Crippen molar-refractivity contribution in [3.63, 3.8) is 0 Å². The van der Waals surface area contributed by atoms with E-state index in [1.165, 1.54) is 47.7 Å². The Bertz CT molecular complexity index is 1450. The van der Waals surface area contributed by atoms with Crippen LogP contribution in [0.1, 0.15) is 31.3 Å². The first-order valence-electron chi connectivity index (χ1n) is 12.2. The SMILES string of the molecule is O=C(c1ccc(S(=O)(=O)Cc2cccc(C(F)(F)F)c2)cc1)N1CC(N2CCN(C(=O)c3nccs3)CC2)C1. The first-order valence-corrected chi connectivity index (χ1v) is 14.8. The van der Waals surface area contributed by atoms with Crippen LogP contribution in [-0.2, 0) is 21.8 Å². The van der Waals surface area contributed by atoms with Crippen molar-refractivity contribution in [2.75, 3.05) is 39.3 Å². The quantitative estimate of drug-likeness (QED) is 0.446. The molecule has 0 aliphatic carbocycles. The van der Waals surface area contributed by atoms with E-state index in [1.54, 1.807) is 21.4 Å². The minimum absolute atomic E-state index is 0.0324. The monoisotopic (exact) mass is 578 g/mol. The van der Waals surface area contributed by atoms with E-state index in [4.69, 9.17) is 0 Å². The summed E-state index contributed by atoms with van der Waals surface area (Å²) < 4.78 is 64.5. The number of likely N-dealkylation sites (tertiary alicyclic amines) is 1. The van der Waals surface area contributed by atoms with Gasteiger partial charge in [0, 0.05) is 62.5 Å². The van der Waals surface area contributed by atoms with Crippen LogP contribution >= 0.6 is 11.3 Å². The minimum atomic E-state index is -4.56. The zero-order chi connectivity index (χ0) is 27.8. The van der Waals surface area contributed by atoms with Gasteiger partial charge in [-0.3, -0.25) is 14.5 Å². The number of amides is 2. The highest BCUT2D eigenvalue weighted by molar-refractivity contribution is 7.90. The maximum Gasteiger partial charge on any atom is 0.416 e. The largest absolute Gasteiger partial charge is 0.416 e. The first kappa shape index (κ1) is 27.3. The lowest BCUT2D eigenvalue weighted by molar-refractivity contribution is -0.137. The maximum atomic E-state index is 13.0. The Labute approximate surface area is 227 Å². The van der Waals surface area contributed by atoms with Crippen molar-refractivity contribution in [1.29, 1.82) is 0 Å². The zero-order valence-corrected chi connectivity index (χ0v) is 22.3. The van der Waals surface area contributed by atoms with Gasteiger partial charge in [0.1, 0.15) is 0 Å². The minimum Gasteiger partial charge on any atom is -0.335 e. The van der Waals surface area contributed by atoms with Gasteiger partial charge in [0.15, 0.2) is 14.8 Å². The molecular formula is C26H25F3N4O4S2. The molecule has 2 fully saturated rings. The van der Waals surface area contributed by atoms with E-state index in [1.807, 2.05) is 0 Å². The second-order valence-electron chi connectivity index (χ2n) is 9.51. The molecule has 39 heavy (non-hydrogen) atoms. The van der Waals surface area contributed by atoms with Crippen molar-refractivity contribution >= 4 is 33.0 Å². The van der Waals surface area contributed by atoms with Gasteiger partial charge in [-0.2, -0.15) is 13.2 Å². The van der Waals surface area contributed by atoms with Crippen LogP contribution in [0.25, 0.3) is 0 Å². The average Bonchev–Trinajstić information content (AvgIpc) is 3.42. The molecule has 0 unspecified atom stereocenters. The Kier molecular flexibility index (Phi) is 7.49. The van der Waals surface area contributed by atoms with Crippen LogP contribution in [0.4, 0.5) is 13.2 Å². The topological polar surface area (TPSA) is 90.9 Å². The molecule has 2 aromatic carbocycles. The number of piperazine rings is 1.